The number of aromatic nitrogens is 2. The Labute approximate surface area is 183 Å². The first-order valence-electron chi connectivity index (χ1n) is 9.54. The maximum atomic E-state index is 12.9. The molecule has 9 heteroatoms. The van der Waals surface area contributed by atoms with E-state index in [0.717, 1.165) is 11.4 Å². The van der Waals surface area contributed by atoms with Crippen LogP contribution in [0.2, 0.25) is 5.02 Å². The highest BCUT2D eigenvalue weighted by atomic mass is 35.5. The summed E-state index contributed by atoms with van der Waals surface area (Å²) in [6, 6.07) is 11.7. The van der Waals surface area contributed by atoms with Gasteiger partial charge in [0.05, 0.1) is 30.3 Å². The molecule has 1 heterocycles. The lowest BCUT2D eigenvalue weighted by molar-refractivity contribution is -0.0512. The van der Waals surface area contributed by atoms with Crippen molar-refractivity contribution in [3.63, 3.8) is 0 Å². The summed E-state index contributed by atoms with van der Waals surface area (Å²) < 4.78 is 36.2. The van der Waals surface area contributed by atoms with Crippen LogP contribution in [0, 0.1) is 0 Å². The van der Waals surface area contributed by atoms with E-state index in [2.05, 4.69) is 15.2 Å². The molecule has 0 saturated heterocycles. The number of nitrogens with zero attached hydrogens (tertiary/aromatic N) is 2. The van der Waals surface area contributed by atoms with Crippen molar-refractivity contribution in [2.24, 2.45) is 0 Å². The third-order valence-electron chi connectivity index (χ3n) is 4.55. The third kappa shape index (κ3) is 5.32. The van der Waals surface area contributed by atoms with Crippen LogP contribution in [-0.2, 0) is 6.54 Å². The fraction of sp³-hybridized carbons (Fsp3) is 0.273. The number of hydrogen-bond donors (Lipinski definition) is 1. The fourth-order valence-electron chi connectivity index (χ4n) is 3.19. The van der Waals surface area contributed by atoms with E-state index < -0.39 is 6.61 Å². The molecule has 0 aliphatic rings. The summed E-state index contributed by atoms with van der Waals surface area (Å²) in [6.45, 7) is 1.16. The Morgan fingerprint density at radius 2 is 1.97 bits per heavy atom. The normalized spacial score (nSPS) is 11.1. The minimum atomic E-state index is -2.95. The number of ether oxygens (including phenoxy) is 2. The summed E-state index contributed by atoms with van der Waals surface area (Å²) in [6.07, 6.45) is 1.52. The largest absolute Gasteiger partial charge is 0.493 e. The Balaban J connectivity index is 1.80. The molecule has 31 heavy (non-hydrogen) atoms. The molecule has 6 nitrogen and oxygen atoms in total. The number of carbonyl (C=O) groups is 1. The first-order chi connectivity index (χ1) is 14.8. The molecule has 0 radical (unpaired) electrons. The molecule has 1 amide bonds. The van der Waals surface area contributed by atoms with Gasteiger partial charge in [-0.15, -0.1) is 0 Å². The molecule has 3 rings (SSSR count). The minimum absolute atomic E-state index is 0.0214. The van der Waals surface area contributed by atoms with Gasteiger partial charge in [-0.1, -0.05) is 37.6 Å². The molecule has 0 unspecified atom stereocenters. The van der Waals surface area contributed by atoms with Crippen molar-refractivity contribution in [3.8, 4) is 17.2 Å². The molecule has 0 atom stereocenters. The second-order valence-corrected chi connectivity index (χ2v) is 7.47. The standard InChI is InChI=1S/C22H22ClF2N3O3/c1-13(2)20-17(12-27-28(20)16-6-4-5-15(23)10-16)21(29)26-11-14-7-8-18(31-22(24)25)19(9-14)30-3/h4-10,12-13,22H,11H2,1-3H3,(H,26,29). The summed E-state index contributed by atoms with van der Waals surface area (Å²) in [5.74, 6) is -0.196. The lowest BCUT2D eigenvalue weighted by Crippen LogP contribution is -2.24. The number of rotatable bonds is 8. The van der Waals surface area contributed by atoms with Gasteiger partial charge in [0.2, 0.25) is 0 Å². The number of halogens is 3. The van der Waals surface area contributed by atoms with Crippen LogP contribution in [0.5, 0.6) is 11.5 Å². The van der Waals surface area contributed by atoms with Gasteiger partial charge in [-0.3, -0.25) is 4.79 Å². The number of alkyl halides is 2. The van der Waals surface area contributed by atoms with Crippen molar-refractivity contribution in [1.82, 2.24) is 15.1 Å². The van der Waals surface area contributed by atoms with Gasteiger partial charge in [-0.05, 0) is 41.8 Å². The van der Waals surface area contributed by atoms with E-state index in [-0.39, 0.29) is 29.9 Å². The van der Waals surface area contributed by atoms with E-state index in [4.69, 9.17) is 16.3 Å². The second-order valence-electron chi connectivity index (χ2n) is 7.04. The molecule has 164 valence electrons. The van der Waals surface area contributed by atoms with Gasteiger partial charge >= 0.3 is 6.61 Å². The smallest absolute Gasteiger partial charge is 0.387 e. The highest BCUT2D eigenvalue weighted by Crippen LogP contribution is 2.29. The molecule has 1 N–H and O–H groups in total. The highest BCUT2D eigenvalue weighted by molar-refractivity contribution is 6.30. The minimum Gasteiger partial charge on any atom is -0.493 e. The number of benzene rings is 2. The summed E-state index contributed by atoms with van der Waals surface area (Å²) in [4.78, 5) is 12.9. The van der Waals surface area contributed by atoms with Crippen LogP contribution in [0.1, 0.15) is 41.4 Å². The zero-order valence-electron chi connectivity index (χ0n) is 17.2. The summed E-state index contributed by atoms with van der Waals surface area (Å²) >= 11 is 6.10. The van der Waals surface area contributed by atoms with Crippen LogP contribution >= 0.6 is 11.6 Å². The van der Waals surface area contributed by atoms with E-state index >= 15 is 0 Å². The van der Waals surface area contributed by atoms with Gasteiger partial charge in [-0.25, -0.2) is 4.68 Å². The maximum Gasteiger partial charge on any atom is 0.387 e. The van der Waals surface area contributed by atoms with E-state index in [9.17, 15) is 13.6 Å². The van der Waals surface area contributed by atoms with Crippen molar-refractivity contribution in [1.29, 1.82) is 0 Å². The molecule has 2 aromatic carbocycles. The van der Waals surface area contributed by atoms with E-state index in [1.807, 2.05) is 26.0 Å². The molecule has 0 aliphatic heterocycles. The Kier molecular flexibility index (Phi) is 7.12. The number of nitrogens with one attached hydrogen (secondary N) is 1. The monoisotopic (exact) mass is 449 g/mol. The van der Waals surface area contributed by atoms with E-state index in [1.54, 1.807) is 22.9 Å². The van der Waals surface area contributed by atoms with Crippen molar-refractivity contribution < 1.29 is 23.0 Å². The molecular formula is C22H22ClF2N3O3. The average Bonchev–Trinajstić information content (AvgIpc) is 3.18. The zero-order valence-corrected chi connectivity index (χ0v) is 18.0. The van der Waals surface area contributed by atoms with Crippen molar-refractivity contribution in [2.75, 3.05) is 7.11 Å². The summed E-state index contributed by atoms with van der Waals surface area (Å²) in [5, 5.41) is 7.79. The predicted octanol–water partition coefficient (Wildman–Crippen LogP) is 5.19. The summed E-state index contributed by atoms with van der Waals surface area (Å²) in [7, 11) is 1.36. The number of carbonyl (C=O) groups excluding carboxylic acids is 1. The first kappa shape index (κ1) is 22.6. The average molecular weight is 450 g/mol. The second kappa shape index (κ2) is 9.78. The van der Waals surface area contributed by atoms with Crippen LogP contribution in [0.15, 0.2) is 48.7 Å². The molecule has 0 bridgehead atoms. The topological polar surface area (TPSA) is 65.4 Å². The lowest BCUT2D eigenvalue weighted by Gasteiger charge is -2.14. The van der Waals surface area contributed by atoms with Gasteiger partial charge in [0.15, 0.2) is 11.5 Å². The van der Waals surface area contributed by atoms with Crippen molar-refractivity contribution in [2.45, 2.75) is 32.9 Å². The van der Waals surface area contributed by atoms with Gasteiger partial charge in [-0.2, -0.15) is 13.9 Å². The molecule has 0 spiro atoms. The number of methoxy groups -OCH3 is 1. The Morgan fingerprint density at radius 1 is 1.19 bits per heavy atom. The predicted molar refractivity (Wildman–Crippen MR) is 113 cm³/mol. The molecule has 1 aromatic heterocycles. The molecule has 3 aromatic rings. The Hall–Kier alpha value is -3.13. The SMILES string of the molecule is COc1cc(CNC(=O)c2cnn(-c3cccc(Cl)c3)c2C(C)C)ccc1OC(F)F. The van der Waals surface area contributed by atoms with Crippen molar-refractivity contribution >= 4 is 17.5 Å². The quantitative estimate of drug-likeness (QED) is 0.514. The van der Waals surface area contributed by atoms with Crippen LogP contribution in [0.25, 0.3) is 5.69 Å². The third-order valence-corrected chi connectivity index (χ3v) is 4.78. The van der Waals surface area contributed by atoms with Gasteiger partial charge in [0.25, 0.3) is 5.91 Å². The van der Waals surface area contributed by atoms with Gasteiger partial charge < -0.3 is 14.8 Å². The fourth-order valence-corrected chi connectivity index (χ4v) is 3.38. The molecule has 0 fully saturated rings. The van der Waals surface area contributed by atoms with E-state index in [1.165, 1.54) is 25.4 Å². The Morgan fingerprint density at radius 3 is 2.61 bits per heavy atom. The molecule has 0 aliphatic carbocycles. The lowest BCUT2D eigenvalue weighted by atomic mass is 10.0. The van der Waals surface area contributed by atoms with Crippen LogP contribution in [0.3, 0.4) is 0 Å². The van der Waals surface area contributed by atoms with Crippen LogP contribution in [0.4, 0.5) is 8.78 Å². The maximum absolute atomic E-state index is 12.9. The summed E-state index contributed by atoms with van der Waals surface area (Å²) in [5.41, 5.74) is 2.62. The van der Waals surface area contributed by atoms with E-state index in [0.29, 0.717) is 16.1 Å². The molecule has 0 saturated carbocycles. The first-order valence-corrected chi connectivity index (χ1v) is 9.91. The van der Waals surface area contributed by atoms with Crippen LogP contribution in [-0.4, -0.2) is 29.4 Å². The zero-order chi connectivity index (χ0) is 22.5. The molecular weight excluding hydrogens is 428 g/mol. The van der Waals surface area contributed by atoms with Crippen LogP contribution < -0.4 is 14.8 Å². The highest BCUT2D eigenvalue weighted by Gasteiger charge is 2.21. The van der Waals surface area contributed by atoms with Crippen molar-refractivity contribution in [3.05, 3.63) is 70.5 Å². The van der Waals surface area contributed by atoms with Gasteiger partial charge in [0, 0.05) is 11.6 Å². The number of hydrogen-bond acceptors (Lipinski definition) is 4. The number of amides is 1. The Bertz CT molecular complexity index is 1070. The van der Waals surface area contributed by atoms with Gasteiger partial charge in [0.1, 0.15) is 0 Å².